The molecule has 3 rings (SSSR count). The van der Waals surface area contributed by atoms with Crippen molar-refractivity contribution in [3.05, 3.63) is 64.1 Å². The van der Waals surface area contributed by atoms with Crippen LogP contribution in [0.2, 0.25) is 0 Å². The average molecular weight is 425 g/mol. The number of carbonyl (C=O) groups is 1. The van der Waals surface area contributed by atoms with Crippen molar-refractivity contribution in [3.8, 4) is 11.5 Å². The minimum absolute atomic E-state index is 0.0484. The minimum Gasteiger partial charge on any atom is -0.493 e. The zero-order valence-corrected chi connectivity index (χ0v) is 16.1. The highest BCUT2D eigenvalue weighted by Gasteiger charge is 2.30. The summed E-state index contributed by atoms with van der Waals surface area (Å²) in [6.07, 6.45) is -2.74. The molecule has 0 atom stereocenters. The molecule has 0 saturated carbocycles. The number of thioether (sulfide) groups is 1. The second-order valence-corrected chi connectivity index (χ2v) is 7.47. The molecule has 0 aliphatic carbocycles. The van der Waals surface area contributed by atoms with Crippen molar-refractivity contribution in [2.24, 2.45) is 0 Å². The Hall–Kier alpha value is -2.52. The summed E-state index contributed by atoms with van der Waals surface area (Å²) in [7, 11) is 1.45. The number of carbonyl (C=O) groups excluding carboxylic acids is 1. The molecule has 1 N–H and O–H groups in total. The molecule has 2 aromatic rings. The number of benzene rings is 2. The Morgan fingerprint density at radius 3 is 2.61 bits per heavy atom. The van der Waals surface area contributed by atoms with E-state index in [4.69, 9.17) is 21.7 Å². The zero-order chi connectivity index (χ0) is 20.3. The van der Waals surface area contributed by atoms with E-state index in [-0.39, 0.29) is 12.5 Å². The number of nitrogens with one attached hydrogen (secondary N) is 1. The number of halogens is 3. The molecule has 1 heterocycles. The Kier molecular flexibility index (Phi) is 5.95. The van der Waals surface area contributed by atoms with Crippen LogP contribution in [0.4, 0.5) is 13.2 Å². The molecule has 0 unspecified atom stereocenters. The molecule has 146 valence electrons. The van der Waals surface area contributed by atoms with Crippen LogP contribution in [0.3, 0.4) is 0 Å². The van der Waals surface area contributed by atoms with E-state index in [1.54, 1.807) is 30.3 Å². The third-order valence-corrected chi connectivity index (χ3v) is 4.94. The maximum Gasteiger partial charge on any atom is 0.416 e. The van der Waals surface area contributed by atoms with E-state index in [0.717, 1.165) is 23.9 Å². The summed E-state index contributed by atoms with van der Waals surface area (Å²) < 4.78 is 49.7. The molecular weight excluding hydrogens is 411 g/mol. The van der Waals surface area contributed by atoms with Crippen LogP contribution in [0.15, 0.2) is 47.4 Å². The Labute approximate surface area is 168 Å². The number of amides is 1. The van der Waals surface area contributed by atoms with Crippen molar-refractivity contribution < 1.29 is 27.4 Å². The lowest BCUT2D eigenvalue weighted by atomic mass is 10.1. The second-order valence-electron chi connectivity index (χ2n) is 5.75. The van der Waals surface area contributed by atoms with Gasteiger partial charge in [-0.25, -0.2) is 0 Å². The summed E-state index contributed by atoms with van der Waals surface area (Å²) in [6, 6.07) is 9.96. The van der Waals surface area contributed by atoms with Gasteiger partial charge < -0.3 is 14.8 Å². The first-order chi connectivity index (χ1) is 13.3. The maximum absolute atomic E-state index is 12.8. The van der Waals surface area contributed by atoms with Crippen molar-refractivity contribution in [2.45, 2.75) is 12.8 Å². The number of alkyl halides is 3. The van der Waals surface area contributed by atoms with Crippen LogP contribution in [0.25, 0.3) is 6.08 Å². The molecular formula is C19H14F3NO3S2. The quantitative estimate of drug-likeness (QED) is 0.552. The van der Waals surface area contributed by atoms with Crippen LogP contribution in [-0.4, -0.2) is 17.3 Å². The van der Waals surface area contributed by atoms with Crippen LogP contribution in [0.1, 0.15) is 16.7 Å². The number of thiocarbonyl (C=S) groups is 1. The normalized spacial score (nSPS) is 15.6. The van der Waals surface area contributed by atoms with Crippen LogP contribution in [-0.2, 0) is 17.6 Å². The summed E-state index contributed by atoms with van der Waals surface area (Å²) in [5, 5.41) is 2.53. The summed E-state index contributed by atoms with van der Waals surface area (Å²) in [4.78, 5) is 12.2. The summed E-state index contributed by atoms with van der Waals surface area (Å²) >= 11 is 6.11. The van der Waals surface area contributed by atoms with Crippen molar-refractivity contribution in [1.29, 1.82) is 0 Å². The van der Waals surface area contributed by atoms with E-state index >= 15 is 0 Å². The third-order valence-electron chi connectivity index (χ3n) is 3.78. The average Bonchev–Trinajstić information content (AvgIpc) is 2.97. The summed E-state index contributed by atoms with van der Waals surface area (Å²) in [6.45, 7) is -0.0484. The molecule has 0 radical (unpaired) electrons. The van der Waals surface area contributed by atoms with E-state index in [1.165, 1.54) is 13.2 Å². The Morgan fingerprint density at radius 2 is 1.96 bits per heavy atom. The van der Waals surface area contributed by atoms with E-state index in [2.05, 4.69) is 5.32 Å². The highest BCUT2D eigenvalue weighted by Crippen LogP contribution is 2.33. The molecule has 0 spiro atoms. The first-order valence-electron chi connectivity index (χ1n) is 7.98. The Balaban J connectivity index is 1.76. The van der Waals surface area contributed by atoms with E-state index < -0.39 is 11.7 Å². The van der Waals surface area contributed by atoms with Gasteiger partial charge in [0.25, 0.3) is 5.91 Å². The lowest BCUT2D eigenvalue weighted by Gasteiger charge is -2.13. The standard InChI is InChI=1S/C19H14F3NO3S2/c1-25-15-8-11(9-16-17(24)23-18(27)28-16)5-6-14(15)26-10-12-3-2-4-13(7-12)19(20,21)22/h2-9H,10H2,1H3,(H,23,24,27). The van der Waals surface area contributed by atoms with Gasteiger partial charge in [0.15, 0.2) is 11.5 Å². The van der Waals surface area contributed by atoms with Crippen LogP contribution >= 0.6 is 24.0 Å². The predicted octanol–water partition coefficient (Wildman–Crippen LogP) is 4.78. The lowest BCUT2D eigenvalue weighted by molar-refractivity contribution is -0.137. The minimum atomic E-state index is -4.41. The van der Waals surface area contributed by atoms with Crippen LogP contribution in [0, 0.1) is 0 Å². The number of hydrogen-bond donors (Lipinski definition) is 1. The highest BCUT2D eigenvalue weighted by molar-refractivity contribution is 8.26. The molecule has 28 heavy (non-hydrogen) atoms. The van der Waals surface area contributed by atoms with Gasteiger partial charge in [0.2, 0.25) is 0 Å². The first kappa shape index (κ1) is 20.2. The molecule has 9 heteroatoms. The van der Waals surface area contributed by atoms with Crippen molar-refractivity contribution >= 4 is 40.3 Å². The second kappa shape index (κ2) is 8.24. The topological polar surface area (TPSA) is 47.6 Å². The van der Waals surface area contributed by atoms with Crippen molar-refractivity contribution in [3.63, 3.8) is 0 Å². The molecule has 1 amide bonds. The molecule has 0 bridgehead atoms. The van der Waals surface area contributed by atoms with Crippen LogP contribution < -0.4 is 14.8 Å². The van der Waals surface area contributed by atoms with E-state index in [0.29, 0.717) is 31.9 Å². The van der Waals surface area contributed by atoms with Gasteiger partial charge in [-0.15, -0.1) is 0 Å². The van der Waals surface area contributed by atoms with Crippen molar-refractivity contribution in [2.75, 3.05) is 7.11 Å². The Morgan fingerprint density at radius 1 is 1.18 bits per heavy atom. The Bertz CT molecular complexity index is 958. The number of hydrogen-bond acceptors (Lipinski definition) is 5. The molecule has 2 aromatic carbocycles. The van der Waals surface area contributed by atoms with Gasteiger partial charge in [-0.1, -0.05) is 42.2 Å². The van der Waals surface area contributed by atoms with E-state index in [1.807, 2.05) is 0 Å². The van der Waals surface area contributed by atoms with Gasteiger partial charge in [0, 0.05) is 0 Å². The fourth-order valence-corrected chi connectivity index (χ4v) is 3.51. The SMILES string of the molecule is COc1cc(C=C2SC(=S)NC2=O)ccc1OCc1cccc(C(F)(F)F)c1. The number of rotatable bonds is 5. The van der Waals surface area contributed by atoms with Gasteiger partial charge in [-0.3, -0.25) is 4.79 Å². The van der Waals surface area contributed by atoms with E-state index in [9.17, 15) is 18.0 Å². The fourth-order valence-electron chi connectivity index (χ4n) is 2.46. The molecule has 1 aliphatic rings. The van der Waals surface area contributed by atoms with Gasteiger partial charge in [-0.2, -0.15) is 13.2 Å². The summed E-state index contributed by atoms with van der Waals surface area (Å²) in [5.41, 5.74) is 0.356. The highest BCUT2D eigenvalue weighted by atomic mass is 32.2. The van der Waals surface area contributed by atoms with Crippen molar-refractivity contribution in [1.82, 2.24) is 5.32 Å². The monoisotopic (exact) mass is 425 g/mol. The van der Waals surface area contributed by atoms with Gasteiger partial charge >= 0.3 is 6.18 Å². The maximum atomic E-state index is 12.8. The number of methoxy groups -OCH3 is 1. The predicted molar refractivity (Wildman–Crippen MR) is 105 cm³/mol. The fraction of sp³-hybridized carbons (Fsp3) is 0.158. The van der Waals surface area contributed by atoms with Gasteiger partial charge in [0.1, 0.15) is 10.9 Å². The smallest absolute Gasteiger partial charge is 0.416 e. The largest absolute Gasteiger partial charge is 0.493 e. The zero-order valence-electron chi connectivity index (χ0n) is 14.5. The third kappa shape index (κ3) is 4.85. The molecule has 0 aromatic heterocycles. The number of ether oxygens (including phenoxy) is 2. The van der Waals surface area contributed by atoms with Gasteiger partial charge in [0.05, 0.1) is 17.6 Å². The molecule has 4 nitrogen and oxygen atoms in total. The molecule has 1 fully saturated rings. The molecule has 1 aliphatic heterocycles. The first-order valence-corrected chi connectivity index (χ1v) is 9.20. The summed E-state index contributed by atoms with van der Waals surface area (Å²) in [5.74, 6) is 0.507. The van der Waals surface area contributed by atoms with Crippen LogP contribution in [0.5, 0.6) is 11.5 Å². The van der Waals surface area contributed by atoms with Gasteiger partial charge in [-0.05, 0) is 41.5 Å². The lowest BCUT2D eigenvalue weighted by Crippen LogP contribution is -2.17. The molecule has 1 saturated heterocycles.